The van der Waals surface area contributed by atoms with Crippen molar-refractivity contribution in [3.63, 3.8) is 0 Å². The van der Waals surface area contributed by atoms with Gasteiger partial charge in [0.05, 0.1) is 12.1 Å². The van der Waals surface area contributed by atoms with Gasteiger partial charge in [-0.05, 0) is 41.8 Å². The fourth-order valence-corrected chi connectivity index (χ4v) is 3.14. The van der Waals surface area contributed by atoms with E-state index in [1.165, 1.54) is 0 Å². The number of amides is 3. The molecule has 0 fully saturated rings. The molecule has 0 aromatic heterocycles. The zero-order valence-corrected chi connectivity index (χ0v) is 14.2. The van der Waals surface area contributed by atoms with E-state index in [0.29, 0.717) is 17.7 Å². The van der Waals surface area contributed by atoms with Gasteiger partial charge >= 0.3 is 6.03 Å². The summed E-state index contributed by atoms with van der Waals surface area (Å²) >= 11 is 0. The molecule has 1 aliphatic carbocycles. The quantitative estimate of drug-likeness (QED) is 0.690. The number of aliphatic hydroxyl groups excluding tert-OH is 1. The summed E-state index contributed by atoms with van der Waals surface area (Å²) in [6, 6.07) is 11.9. The Hall–Kier alpha value is -2.86. The SMILES string of the molecule is CNC(=O)c1ccc(NC(=O)N[C@H]2c3ccccc3C[C@H]2O)c(C)c1. The predicted octanol–water partition coefficient (Wildman–Crippen LogP) is 2.13. The molecule has 25 heavy (non-hydrogen) atoms. The molecular weight excluding hydrogens is 318 g/mol. The Morgan fingerprint density at radius 3 is 2.64 bits per heavy atom. The Balaban J connectivity index is 1.70. The number of carbonyl (C=O) groups is 2. The van der Waals surface area contributed by atoms with E-state index in [1.807, 2.05) is 31.2 Å². The molecular formula is C19H21N3O3. The van der Waals surface area contributed by atoms with Gasteiger partial charge < -0.3 is 21.1 Å². The Morgan fingerprint density at radius 2 is 1.92 bits per heavy atom. The van der Waals surface area contributed by atoms with Crippen molar-refractivity contribution in [2.75, 3.05) is 12.4 Å². The van der Waals surface area contributed by atoms with Gasteiger partial charge in [-0.3, -0.25) is 4.79 Å². The van der Waals surface area contributed by atoms with Crippen molar-refractivity contribution in [3.8, 4) is 0 Å². The first-order valence-electron chi connectivity index (χ1n) is 8.15. The largest absolute Gasteiger partial charge is 0.390 e. The highest BCUT2D eigenvalue weighted by Gasteiger charge is 2.31. The van der Waals surface area contributed by atoms with Gasteiger partial charge in [0.1, 0.15) is 0 Å². The topological polar surface area (TPSA) is 90.5 Å². The van der Waals surface area contributed by atoms with Crippen LogP contribution in [0.1, 0.15) is 33.1 Å². The number of urea groups is 1. The summed E-state index contributed by atoms with van der Waals surface area (Å²) in [6.45, 7) is 1.82. The monoisotopic (exact) mass is 339 g/mol. The van der Waals surface area contributed by atoms with Crippen molar-refractivity contribution in [1.29, 1.82) is 0 Å². The first kappa shape index (κ1) is 17.0. The second-order valence-corrected chi connectivity index (χ2v) is 6.16. The number of rotatable bonds is 3. The van der Waals surface area contributed by atoms with E-state index in [9.17, 15) is 14.7 Å². The smallest absolute Gasteiger partial charge is 0.319 e. The highest BCUT2D eigenvalue weighted by atomic mass is 16.3. The molecule has 6 nitrogen and oxygen atoms in total. The summed E-state index contributed by atoms with van der Waals surface area (Å²) in [5.41, 5.74) is 3.92. The minimum Gasteiger partial charge on any atom is -0.390 e. The number of nitrogens with one attached hydrogen (secondary N) is 3. The summed E-state index contributed by atoms with van der Waals surface area (Å²) in [4.78, 5) is 24.0. The molecule has 0 saturated heterocycles. The summed E-state index contributed by atoms with van der Waals surface area (Å²) in [5.74, 6) is -0.176. The maximum absolute atomic E-state index is 12.3. The molecule has 1 aliphatic rings. The molecule has 2 aromatic rings. The summed E-state index contributed by atoms with van der Waals surface area (Å²) in [5, 5.41) is 18.4. The molecule has 0 unspecified atom stereocenters. The van der Waals surface area contributed by atoms with Crippen LogP contribution in [-0.4, -0.2) is 30.2 Å². The summed E-state index contributed by atoms with van der Waals surface area (Å²) < 4.78 is 0. The van der Waals surface area contributed by atoms with Gasteiger partial charge in [0.2, 0.25) is 0 Å². The lowest BCUT2D eigenvalue weighted by atomic mass is 10.1. The number of anilines is 1. The Labute approximate surface area is 146 Å². The first-order chi connectivity index (χ1) is 12.0. The number of aryl methyl sites for hydroxylation is 1. The molecule has 130 valence electrons. The van der Waals surface area contributed by atoms with Crippen molar-refractivity contribution in [2.24, 2.45) is 0 Å². The van der Waals surface area contributed by atoms with E-state index in [1.54, 1.807) is 25.2 Å². The molecule has 4 N–H and O–H groups in total. The Morgan fingerprint density at radius 1 is 1.16 bits per heavy atom. The van der Waals surface area contributed by atoms with Crippen LogP contribution in [-0.2, 0) is 6.42 Å². The summed E-state index contributed by atoms with van der Waals surface area (Å²) in [6.07, 6.45) is -0.110. The second-order valence-electron chi connectivity index (χ2n) is 6.16. The van der Waals surface area contributed by atoms with Crippen LogP contribution in [0.15, 0.2) is 42.5 Å². The van der Waals surface area contributed by atoms with Crippen LogP contribution in [0.3, 0.4) is 0 Å². The average Bonchev–Trinajstić information content (AvgIpc) is 2.91. The van der Waals surface area contributed by atoms with Gasteiger partial charge in [-0.1, -0.05) is 24.3 Å². The third-order valence-corrected chi connectivity index (χ3v) is 4.45. The van der Waals surface area contributed by atoms with E-state index < -0.39 is 18.2 Å². The van der Waals surface area contributed by atoms with Crippen LogP contribution in [0.4, 0.5) is 10.5 Å². The molecule has 0 spiro atoms. The molecule has 0 saturated carbocycles. The Kier molecular flexibility index (Phi) is 4.72. The predicted molar refractivity (Wildman–Crippen MR) is 95.6 cm³/mol. The van der Waals surface area contributed by atoms with Crippen molar-refractivity contribution >= 4 is 17.6 Å². The number of fused-ring (bicyclic) bond motifs is 1. The number of benzene rings is 2. The van der Waals surface area contributed by atoms with Crippen molar-refractivity contribution in [1.82, 2.24) is 10.6 Å². The van der Waals surface area contributed by atoms with Crippen LogP contribution >= 0.6 is 0 Å². The van der Waals surface area contributed by atoms with E-state index in [2.05, 4.69) is 16.0 Å². The zero-order chi connectivity index (χ0) is 18.0. The third kappa shape index (κ3) is 3.49. The molecule has 3 amide bonds. The standard InChI is InChI=1S/C19H21N3O3/c1-11-9-13(18(24)20-2)7-8-15(11)21-19(25)22-17-14-6-4-3-5-12(14)10-16(17)23/h3-9,16-17,23H,10H2,1-2H3,(H,20,24)(H2,21,22,25)/t16-,17+/m1/s1. The number of hydrogen-bond acceptors (Lipinski definition) is 3. The van der Waals surface area contributed by atoms with Crippen molar-refractivity contribution in [3.05, 3.63) is 64.7 Å². The van der Waals surface area contributed by atoms with E-state index in [-0.39, 0.29) is 5.91 Å². The molecule has 0 aliphatic heterocycles. The molecule has 6 heteroatoms. The fourth-order valence-electron chi connectivity index (χ4n) is 3.14. The van der Waals surface area contributed by atoms with Crippen molar-refractivity contribution < 1.29 is 14.7 Å². The lowest BCUT2D eigenvalue weighted by Gasteiger charge is -2.19. The molecule has 2 atom stereocenters. The number of hydrogen-bond donors (Lipinski definition) is 4. The van der Waals surface area contributed by atoms with Crippen molar-refractivity contribution in [2.45, 2.75) is 25.5 Å². The third-order valence-electron chi connectivity index (χ3n) is 4.45. The lowest BCUT2D eigenvalue weighted by Crippen LogP contribution is -2.37. The minimum absolute atomic E-state index is 0.176. The Bertz CT molecular complexity index is 819. The summed E-state index contributed by atoms with van der Waals surface area (Å²) in [7, 11) is 1.57. The molecule has 3 rings (SSSR count). The molecule has 0 bridgehead atoms. The van der Waals surface area contributed by atoms with Gasteiger partial charge in [0.15, 0.2) is 0 Å². The highest BCUT2D eigenvalue weighted by molar-refractivity contribution is 5.96. The lowest BCUT2D eigenvalue weighted by molar-refractivity contribution is 0.0963. The van der Waals surface area contributed by atoms with Gasteiger partial charge in [-0.15, -0.1) is 0 Å². The highest BCUT2D eigenvalue weighted by Crippen LogP contribution is 2.31. The van der Waals surface area contributed by atoms with Gasteiger partial charge in [-0.2, -0.15) is 0 Å². The van der Waals surface area contributed by atoms with E-state index >= 15 is 0 Å². The van der Waals surface area contributed by atoms with Crippen LogP contribution < -0.4 is 16.0 Å². The maximum atomic E-state index is 12.3. The first-order valence-corrected chi connectivity index (χ1v) is 8.15. The fraction of sp³-hybridized carbons (Fsp3) is 0.263. The van der Waals surface area contributed by atoms with Crippen LogP contribution in [0, 0.1) is 6.92 Å². The maximum Gasteiger partial charge on any atom is 0.319 e. The molecule has 0 heterocycles. The van der Waals surface area contributed by atoms with Gasteiger partial charge in [0.25, 0.3) is 5.91 Å². The van der Waals surface area contributed by atoms with Gasteiger partial charge in [0, 0.05) is 24.7 Å². The number of carbonyl (C=O) groups excluding carboxylic acids is 2. The van der Waals surface area contributed by atoms with Crippen LogP contribution in [0.25, 0.3) is 0 Å². The zero-order valence-electron chi connectivity index (χ0n) is 14.2. The average molecular weight is 339 g/mol. The minimum atomic E-state index is -0.639. The number of aliphatic hydroxyl groups is 1. The molecule has 2 aromatic carbocycles. The second kappa shape index (κ2) is 6.94. The van der Waals surface area contributed by atoms with Crippen LogP contribution in [0.2, 0.25) is 0 Å². The van der Waals surface area contributed by atoms with Gasteiger partial charge in [-0.25, -0.2) is 4.79 Å². The van der Waals surface area contributed by atoms with E-state index in [0.717, 1.165) is 16.7 Å². The van der Waals surface area contributed by atoms with E-state index in [4.69, 9.17) is 0 Å². The van der Waals surface area contributed by atoms with Crippen LogP contribution in [0.5, 0.6) is 0 Å². The normalized spacial score (nSPS) is 18.4. The molecule has 0 radical (unpaired) electrons.